The summed E-state index contributed by atoms with van der Waals surface area (Å²) in [5, 5.41) is 9.87. The molecule has 1 heterocycles. The lowest BCUT2D eigenvalue weighted by Gasteiger charge is -2.11. The van der Waals surface area contributed by atoms with Gasteiger partial charge in [0.25, 0.3) is 5.91 Å². The second kappa shape index (κ2) is 9.26. The highest BCUT2D eigenvalue weighted by Crippen LogP contribution is 2.21. The van der Waals surface area contributed by atoms with Crippen LogP contribution in [0.4, 0.5) is 5.69 Å². The normalized spacial score (nSPS) is 10.6. The fourth-order valence-electron chi connectivity index (χ4n) is 3.37. The highest BCUT2D eigenvalue weighted by atomic mass is 16.2. The number of nitrogens with zero attached hydrogens (tertiary/aromatic N) is 3. The van der Waals surface area contributed by atoms with Gasteiger partial charge in [-0.2, -0.15) is 0 Å². The van der Waals surface area contributed by atoms with Crippen molar-refractivity contribution in [3.8, 4) is 17.1 Å². The van der Waals surface area contributed by atoms with Crippen LogP contribution in [-0.2, 0) is 4.79 Å². The van der Waals surface area contributed by atoms with E-state index in [1.165, 1.54) is 0 Å². The van der Waals surface area contributed by atoms with Gasteiger partial charge < -0.3 is 10.6 Å². The van der Waals surface area contributed by atoms with Gasteiger partial charge in [0, 0.05) is 11.3 Å². The monoisotopic (exact) mass is 425 g/mol. The van der Waals surface area contributed by atoms with E-state index >= 15 is 0 Å². The predicted octanol–water partition coefficient (Wildman–Crippen LogP) is 3.92. The first-order valence-electron chi connectivity index (χ1n) is 10.2. The average Bonchev–Trinajstić information content (AvgIpc) is 3.27. The lowest BCUT2D eigenvalue weighted by atomic mass is 10.1. The number of aromatic nitrogens is 3. The van der Waals surface area contributed by atoms with Gasteiger partial charge in [-0.25, -0.2) is 9.67 Å². The fraction of sp³-hybridized carbons (Fsp3) is 0.120. The molecule has 0 atom stereocenters. The van der Waals surface area contributed by atoms with E-state index in [1.807, 2.05) is 92.7 Å². The van der Waals surface area contributed by atoms with Gasteiger partial charge in [-0.1, -0.05) is 66.7 Å². The molecule has 4 rings (SSSR count). The van der Waals surface area contributed by atoms with Gasteiger partial charge >= 0.3 is 0 Å². The minimum Gasteiger partial charge on any atom is -0.340 e. The van der Waals surface area contributed by atoms with Gasteiger partial charge in [0.05, 0.1) is 12.2 Å². The van der Waals surface area contributed by atoms with E-state index in [0.29, 0.717) is 5.82 Å². The summed E-state index contributed by atoms with van der Waals surface area (Å²) in [6, 6.07) is 24.8. The number of para-hydroxylation sites is 2. The van der Waals surface area contributed by atoms with Crippen molar-refractivity contribution in [2.75, 3.05) is 11.9 Å². The van der Waals surface area contributed by atoms with Crippen molar-refractivity contribution >= 4 is 17.5 Å². The summed E-state index contributed by atoms with van der Waals surface area (Å²) >= 11 is 0. The molecular formula is C25H23N5O2. The molecule has 4 aromatic rings. The molecule has 32 heavy (non-hydrogen) atoms. The minimum absolute atomic E-state index is 0.00687. The molecule has 0 radical (unpaired) electrons. The van der Waals surface area contributed by atoms with Crippen LogP contribution >= 0.6 is 0 Å². The third-order valence-electron chi connectivity index (χ3n) is 5.00. The zero-order chi connectivity index (χ0) is 22.5. The summed E-state index contributed by atoms with van der Waals surface area (Å²) < 4.78 is 1.63. The van der Waals surface area contributed by atoms with Crippen molar-refractivity contribution < 1.29 is 9.59 Å². The molecule has 7 heteroatoms. The number of aryl methyl sites for hydroxylation is 2. The molecule has 2 N–H and O–H groups in total. The standard InChI is InChI=1S/C25H23N5O2/c1-17-10-9-11-18(2)22(17)27-21(31)16-26-25(32)23-28-24(19-12-5-3-6-13-19)30(29-23)20-14-7-4-8-15-20/h3-15H,16H2,1-2H3,(H,26,32)(H,27,31). The zero-order valence-corrected chi connectivity index (χ0v) is 17.9. The highest BCUT2D eigenvalue weighted by Gasteiger charge is 2.19. The van der Waals surface area contributed by atoms with Gasteiger partial charge in [-0.3, -0.25) is 9.59 Å². The Hall–Kier alpha value is -4.26. The van der Waals surface area contributed by atoms with Crippen LogP contribution in [0.25, 0.3) is 17.1 Å². The van der Waals surface area contributed by atoms with Crippen LogP contribution in [0.3, 0.4) is 0 Å². The summed E-state index contributed by atoms with van der Waals surface area (Å²) in [6.45, 7) is 3.66. The molecule has 0 saturated carbocycles. The quantitative estimate of drug-likeness (QED) is 0.490. The van der Waals surface area contributed by atoms with E-state index in [1.54, 1.807) is 4.68 Å². The molecule has 0 aliphatic heterocycles. The molecule has 0 saturated heterocycles. The molecule has 160 valence electrons. The molecule has 0 unspecified atom stereocenters. The van der Waals surface area contributed by atoms with E-state index in [9.17, 15) is 9.59 Å². The van der Waals surface area contributed by atoms with E-state index in [2.05, 4.69) is 20.7 Å². The van der Waals surface area contributed by atoms with Crippen molar-refractivity contribution in [3.63, 3.8) is 0 Å². The third-order valence-corrected chi connectivity index (χ3v) is 5.00. The van der Waals surface area contributed by atoms with Crippen molar-refractivity contribution in [1.82, 2.24) is 20.1 Å². The summed E-state index contributed by atoms with van der Waals surface area (Å²) in [7, 11) is 0. The number of anilines is 1. The van der Waals surface area contributed by atoms with Gasteiger partial charge in [0.2, 0.25) is 11.7 Å². The number of nitrogens with one attached hydrogen (secondary N) is 2. The zero-order valence-electron chi connectivity index (χ0n) is 17.9. The van der Waals surface area contributed by atoms with Crippen LogP contribution in [0.15, 0.2) is 78.9 Å². The summed E-state index contributed by atoms with van der Waals surface area (Å²) in [5.74, 6) is -0.301. The van der Waals surface area contributed by atoms with Crippen LogP contribution in [0.2, 0.25) is 0 Å². The maximum atomic E-state index is 12.7. The van der Waals surface area contributed by atoms with Crippen LogP contribution < -0.4 is 10.6 Å². The molecular weight excluding hydrogens is 402 g/mol. The number of hydrogen-bond donors (Lipinski definition) is 2. The Morgan fingerprint density at radius 1 is 0.844 bits per heavy atom. The fourth-order valence-corrected chi connectivity index (χ4v) is 3.37. The minimum atomic E-state index is -0.520. The lowest BCUT2D eigenvalue weighted by molar-refractivity contribution is -0.115. The van der Waals surface area contributed by atoms with Gasteiger partial charge in [0.1, 0.15) is 0 Å². The van der Waals surface area contributed by atoms with Gasteiger partial charge in [-0.15, -0.1) is 5.10 Å². The molecule has 0 aliphatic carbocycles. The maximum absolute atomic E-state index is 12.7. The van der Waals surface area contributed by atoms with Gasteiger partial charge in [-0.05, 0) is 37.1 Å². The van der Waals surface area contributed by atoms with Crippen molar-refractivity contribution in [3.05, 3.63) is 95.8 Å². The molecule has 0 aliphatic rings. The number of benzene rings is 3. The Kier molecular flexibility index (Phi) is 6.07. The van der Waals surface area contributed by atoms with E-state index < -0.39 is 5.91 Å². The maximum Gasteiger partial charge on any atom is 0.291 e. The third kappa shape index (κ3) is 4.57. The van der Waals surface area contributed by atoms with Crippen LogP contribution in [0, 0.1) is 13.8 Å². The molecule has 0 fully saturated rings. The topological polar surface area (TPSA) is 88.9 Å². The Bertz CT molecular complexity index is 1170. The second-order valence-electron chi connectivity index (χ2n) is 7.37. The molecule has 1 aromatic heterocycles. The summed E-state index contributed by atoms with van der Waals surface area (Å²) in [4.78, 5) is 29.6. The largest absolute Gasteiger partial charge is 0.340 e. The SMILES string of the molecule is Cc1cccc(C)c1NC(=O)CNC(=O)c1nc(-c2ccccc2)n(-c2ccccc2)n1. The number of amides is 2. The average molecular weight is 425 g/mol. The Morgan fingerprint density at radius 3 is 2.12 bits per heavy atom. The smallest absolute Gasteiger partial charge is 0.291 e. The Balaban J connectivity index is 1.53. The first-order chi connectivity index (χ1) is 15.5. The molecule has 0 spiro atoms. The van der Waals surface area contributed by atoms with E-state index in [0.717, 1.165) is 28.1 Å². The van der Waals surface area contributed by atoms with Crippen LogP contribution in [-0.4, -0.2) is 33.1 Å². The number of carbonyl (C=O) groups excluding carboxylic acids is 2. The van der Waals surface area contributed by atoms with Crippen molar-refractivity contribution in [1.29, 1.82) is 0 Å². The van der Waals surface area contributed by atoms with E-state index in [4.69, 9.17) is 0 Å². The number of carbonyl (C=O) groups is 2. The number of hydrogen-bond acceptors (Lipinski definition) is 4. The summed E-state index contributed by atoms with van der Waals surface area (Å²) in [5.41, 5.74) is 4.28. The van der Waals surface area contributed by atoms with E-state index in [-0.39, 0.29) is 18.3 Å². The molecule has 7 nitrogen and oxygen atoms in total. The highest BCUT2D eigenvalue weighted by molar-refractivity contribution is 5.98. The van der Waals surface area contributed by atoms with Crippen LogP contribution in [0.1, 0.15) is 21.7 Å². The van der Waals surface area contributed by atoms with Gasteiger partial charge in [0.15, 0.2) is 5.82 Å². The Morgan fingerprint density at radius 2 is 1.47 bits per heavy atom. The molecule has 3 aromatic carbocycles. The van der Waals surface area contributed by atoms with Crippen LogP contribution in [0.5, 0.6) is 0 Å². The Labute approximate surface area is 186 Å². The number of rotatable bonds is 6. The first-order valence-corrected chi connectivity index (χ1v) is 10.2. The summed E-state index contributed by atoms with van der Waals surface area (Å²) in [6.07, 6.45) is 0. The molecule has 2 amide bonds. The first kappa shape index (κ1) is 21.0. The van der Waals surface area contributed by atoms with Crippen molar-refractivity contribution in [2.24, 2.45) is 0 Å². The lowest BCUT2D eigenvalue weighted by Crippen LogP contribution is -2.33. The predicted molar refractivity (Wildman–Crippen MR) is 124 cm³/mol. The second-order valence-corrected chi connectivity index (χ2v) is 7.37. The van der Waals surface area contributed by atoms with Crippen molar-refractivity contribution in [2.45, 2.75) is 13.8 Å². The molecule has 0 bridgehead atoms.